The van der Waals surface area contributed by atoms with E-state index in [-0.39, 0.29) is 18.2 Å². The van der Waals surface area contributed by atoms with Crippen LogP contribution in [0.2, 0.25) is 0 Å². The number of nitrogens with zero attached hydrogens (tertiary/aromatic N) is 1. The molecule has 23 heavy (non-hydrogen) atoms. The zero-order valence-electron chi connectivity index (χ0n) is 12.2. The summed E-state index contributed by atoms with van der Waals surface area (Å²) in [6.45, 7) is 0. The molecule has 0 atom stereocenters. The van der Waals surface area contributed by atoms with Gasteiger partial charge in [-0.05, 0) is 23.8 Å². The third kappa shape index (κ3) is 3.02. The smallest absolute Gasteiger partial charge is 0.348 e. The van der Waals surface area contributed by atoms with E-state index in [1.807, 2.05) is 6.07 Å². The lowest BCUT2D eigenvalue weighted by Crippen LogP contribution is -1.99. The highest BCUT2D eigenvalue weighted by atomic mass is 32.2. The van der Waals surface area contributed by atoms with Crippen molar-refractivity contribution < 1.29 is 14.3 Å². The molecule has 0 unspecified atom stereocenters. The molecule has 0 amide bonds. The Kier molecular flexibility index (Phi) is 4.24. The Morgan fingerprint density at radius 1 is 1.17 bits per heavy atom. The molecule has 4 nitrogen and oxygen atoms in total. The Morgan fingerprint density at radius 2 is 1.91 bits per heavy atom. The Morgan fingerprint density at radius 3 is 2.61 bits per heavy atom. The molecule has 0 radical (unpaired) electrons. The van der Waals surface area contributed by atoms with Crippen molar-refractivity contribution in [2.75, 3.05) is 7.11 Å². The third-order valence-electron chi connectivity index (χ3n) is 3.30. The second kappa shape index (κ2) is 6.32. The minimum absolute atomic E-state index is 0.0715. The molecule has 0 bridgehead atoms. The summed E-state index contributed by atoms with van der Waals surface area (Å²) < 4.78 is 5.62. The van der Waals surface area contributed by atoms with E-state index >= 15 is 0 Å². The molecule has 2 heterocycles. The van der Waals surface area contributed by atoms with Crippen molar-refractivity contribution in [3.8, 4) is 6.07 Å². The molecule has 2 aromatic heterocycles. The molecular formula is C17H11NO3S2. The molecule has 1 aromatic carbocycles. The second-order valence-electron chi connectivity index (χ2n) is 4.82. The average molecular weight is 341 g/mol. The maximum Gasteiger partial charge on any atom is 0.348 e. The predicted molar refractivity (Wildman–Crippen MR) is 90.2 cm³/mol. The highest BCUT2D eigenvalue weighted by molar-refractivity contribution is 7.39. The number of fused-ring (bicyclic) bond motifs is 1. The zero-order valence-corrected chi connectivity index (χ0v) is 13.8. The van der Waals surface area contributed by atoms with E-state index < -0.39 is 0 Å². The van der Waals surface area contributed by atoms with Gasteiger partial charge in [-0.3, -0.25) is 4.79 Å². The van der Waals surface area contributed by atoms with Crippen molar-refractivity contribution in [3.63, 3.8) is 0 Å². The number of methoxy groups -OCH3 is 1. The normalized spacial score (nSPS) is 10.4. The fourth-order valence-corrected chi connectivity index (χ4v) is 4.53. The third-order valence-corrected chi connectivity index (χ3v) is 5.67. The van der Waals surface area contributed by atoms with Gasteiger partial charge in [0.1, 0.15) is 4.88 Å². The standard InChI is InChI=1S/C17H11NO3S2/c1-21-16(20)14-9-12-8-13(22-17(12)23-14)15(19)11-4-2-3-10(7-11)5-6-18/h2-4,7-9H,5H2,1H3. The summed E-state index contributed by atoms with van der Waals surface area (Å²) in [5, 5.41) is 9.63. The first-order valence-electron chi connectivity index (χ1n) is 6.74. The van der Waals surface area contributed by atoms with Crippen molar-refractivity contribution in [3.05, 3.63) is 57.3 Å². The van der Waals surface area contributed by atoms with E-state index in [1.165, 1.54) is 29.8 Å². The number of esters is 1. The maximum absolute atomic E-state index is 12.6. The summed E-state index contributed by atoms with van der Waals surface area (Å²) in [5.41, 5.74) is 1.39. The number of hydrogen-bond donors (Lipinski definition) is 0. The lowest BCUT2D eigenvalue weighted by atomic mass is 10.0. The number of nitriles is 1. The molecule has 0 N–H and O–H groups in total. The first-order valence-corrected chi connectivity index (χ1v) is 8.38. The van der Waals surface area contributed by atoms with Crippen molar-refractivity contribution in [2.45, 2.75) is 6.42 Å². The number of carbonyl (C=O) groups excluding carboxylic acids is 2. The van der Waals surface area contributed by atoms with Gasteiger partial charge in [0.05, 0.1) is 28.5 Å². The Labute approximate surface area is 140 Å². The molecule has 0 aliphatic heterocycles. The summed E-state index contributed by atoms with van der Waals surface area (Å²) in [5.74, 6) is -0.437. The van der Waals surface area contributed by atoms with Crippen LogP contribution >= 0.6 is 22.7 Å². The van der Waals surface area contributed by atoms with Crippen LogP contribution in [-0.2, 0) is 11.2 Å². The summed E-state index contributed by atoms with van der Waals surface area (Å²) in [4.78, 5) is 25.3. The minimum atomic E-state index is -0.365. The van der Waals surface area contributed by atoms with Gasteiger partial charge >= 0.3 is 5.97 Å². The molecule has 0 aliphatic rings. The van der Waals surface area contributed by atoms with Gasteiger partial charge in [-0.1, -0.05) is 18.2 Å². The number of thiophene rings is 2. The highest BCUT2D eigenvalue weighted by Gasteiger charge is 2.17. The summed E-state index contributed by atoms with van der Waals surface area (Å²) >= 11 is 2.69. The lowest BCUT2D eigenvalue weighted by Gasteiger charge is -2.00. The fourth-order valence-electron chi connectivity index (χ4n) is 2.21. The van der Waals surface area contributed by atoms with Crippen molar-refractivity contribution in [2.24, 2.45) is 0 Å². The van der Waals surface area contributed by atoms with Gasteiger partial charge in [-0.25, -0.2) is 4.79 Å². The zero-order chi connectivity index (χ0) is 16.4. The van der Waals surface area contributed by atoms with Crippen LogP contribution in [0.25, 0.3) is 9.40 Å². The highest BCUT2D eigenvalue weighted by Crippen LogP contribution is 2.34. The van der Waals surface area contributed by atoms with E-state index in [2.05, 4.69) is 6.07 Å². The van der Waals surface area contributed by atoms with Crippen LogP contribution in [0.1, 0.15) is 30.5 Å². The van der Waals surface area contributed by atoms with Crippen LogP contribution in [0.5, 0.6) is 0 Å². The first-order chi connectivity index (χ1) is 11.1. The van der Waals surface area contributed by atoms with Crippen molar-refractivity contribution >= 4 is 43.8 Å². The SMILES string of the molecule is COC(=O)c1cc2cc(C(=O)c3cccc(CC#N)c3)sc2s1. The van der Waals surface area contributed by atoms with Gasteiger partial charge in [-0.2, -0.15) is 5.26 Å². The van der Waals surface area contributed by atoms with Crippen LogP contribution in [0.4, 0.5) is 0 Å². The molecule has 3 rings (SSSR count). The number of rotatable bonds is 4. The van der Waals surface area contributed by atoms with Gasteiger partial charge in [0, 0.05) is 10.9 Å². The maximum atomic E-state index is 12.6. The van der Waals surface area contributed by atoms with E-state index in [4.69, 9.17) is 10.00 Å². The fraction of sp³-hybridized carbons (Fsp3) is 0.118. The lowest BCUT2D eigenvalue weighted by molar-refractivity contribution is 0.0606. The van der Waals surface area contributed by atoms with Crippen LogP contribution in [0.15, 0.2) is 36.4 Å². The Bertz CT molecular complexity index is 915. The van der Waals surface area contributed by atoms with E-state index in [0.717, 1.165) is 15.0 Å². The van der Waals surface area contributed by atoms with Crippen LogP contribution in [-0.4, -0.2) is 18.9 Å². The molecule has 0 spiro atoms. The van der Waals surface area contributed by atoms with E-state index in [0.29, 0.717) is 15.3 Å². The van der Waals surface area contributed by atoms with Crippen molar-refractivity contribution in [1.29, 1.82) is 5.26 Å². The molecule has 3 aromatic rings. The molecule has 6 heteroatoms. The summed E-state index contributed by atoms with van der Waals surface area (Å²) in [6.07, 6.45) is 0.281. The van der Waals surface area contributed by atoms with Crippen LogP contribution < -0.4 is 0 Å². The molecule has 0 saturated carbocycles. The Balaban J connectivity index is 1.92. The number of ketones is 1. The van der Waals surface area contributed by atoms with E-state index in [9.17, 15) is 9.59 Å². The molecule has 114 valence electrons. The van der Waals surface area contributed by atoms with Gasteiger partial charge < -0.3 is 4.74 Å². The van der Waals surface area contributed by atoms with Crippen LogP contribution in [0.3, 0.4) is 0 Å². The monoisotopic (exact) mass is 341 g/mol. The van der Waals surface area contributed by atoms with Gasteiger partial charge in [0.25, 0.3) is 0 Å². The quantitative estimate of drug-likeness (QED) is 0.530. The largest absolute Gasteiger partial charge is 0.465 e. The molecule has 0 saturated heterocycles. The predicted octanol–water partition coefficient (Wildman–Crippen LogP) is 4.05. The molecule has 0 fully saturated rings. The minimum Gasteiger partial charge on any atom is -0.465 e. The van der Waals surface area contributed by atoms with Gasteiger partial charge in [-0.15, -0.1) is 22.7 Å². The Hall–Kier alpha value is -2.49. The number of benzene rings is 1. The summed E-state index contributed by atoms with van der Waals surface area (Å²) in [6, 6.07) is 12.7. The topological polar surface area (TPSA) is 67.2 Å². The first kappa shape index (κ1) is 15.4. The molecule has 0 aliphatic carbocycles. The number of hydrogen-bond acceptors (Lipinski definition) is 6. The summed E-state index contributed by atoms with van der Waals surface area (Å²) in [7, 11) is 1.35. The van der Waals surface area contributed by atoms with Gasteiger partial charge in [0.15, 0.2) is 0 Å². The second-order valence-corrected chi connectivity index (χ2v) is 7.18. The van der Waals surface area contributed by atoms with Crippen LogP contribution in [0, 0.1) is 11.3 Å². The number of ether oxygens (including phenoxy) is 1. The van der Waals surface area contributed by atoms with E-state index in [1.54, 1.807) is 30.3 Å². The number of carbonyl (C=O) groups is 2. The van der Waals surface area contributed by atoms with Crippen molar-refractivity contribution in [1.82, 2.24) is 0 Å². The molecular weight excluding hydrogens is 330 g/mol. The average Bonchev–Trinajstić information content (AvgIpc) is 3.13. The van der Waals surface area contributed by atoms with Gasteiger partial charge in [0.2, 0.25) is 5.78 Å².